The Balaban J connectivity index is 1.14. The molecule has 0 aliphatic carbocycles. The summed E-state index contributed by atoms with van der Waals surface area (Å²) in [5.41, 5.74) is 6.89. The van der Waals surface area contributed by atoms with E-state index in [1.165, 1.54) is 12.0 Å². The van der Waals surface area contributed by atoms with E-state index in [9.17, 15) is 4.79 Å². The number of rotatable bonds is 6. The van der Waals surface area contributed by atoms with Crippen LogP contribution in [0.2, 0.25) is 0 Å². The Labute approximate surface area is 208 Å². The molecule has 1 amide bonds. The van der Waals surface area contributed by atoms with E-state index in [-0.39, 0.29) is 5.91 Å². The van der Waals surface area contributed by atoms with Crippen molar-refractivity contribution in [3.8, 4) is 0 Å². The van der Waals surface area contributed by atoms with Crippen molar-refractivity contribution in [1.82, 2.24) is 29.7 Å². The van der Waals surface area contributed by atoms with Gasteiger partial charge in [-0.2, -0.15) is 0 Å². The van der Waals surface area contributed by atoms with Gasteiger partial charge in [-0.25, -0.2) is 15.0 Å². The van der Waals surface area contributed by atoms with E-state index in [1.54, 1.807) is 17.7 Å². The number of aromatic amines is 1. The molecule has 2 aliphatic rings. The molecule has 0 bridgehead atoms. The Hall–Kier alpha value is -3.30. The van der Waals surface area contributed by atoms with Crippen molar-refractivity contribution in [3.63, 3.8) is 0 Å². The fraction of sp³-hybridized carbons (Fsp3) is 0.385. The lowest BCUT2D eigenvalue weighted by molar-refractivity contribution is -0.131. The topological polar surface area (TPSA) is 90.0 Å². The summed E-state index contributed by atoms with van der Waals surface area (Å²) in [4.78, 5) is 33.9. The first-order valence-corrected chi connectivity index (χ1v) is 13.1. The lowest BCUT2D eigenvalue weighted by atomic mass is 10.0. The van der Waals surface area contributed by atoms with Gasteiger partial charge in [0.05, 0.1) is 21.1 Å². The standard InChI is InChI=1S/C26H29N7OS/c1-17-4-8-32(14-17)9-7-24(34)33-10-5-18(6-11-33)22-13-20-25(27-15-28-26(20)31-22)30-19-2-3-21-23(12-19)35-16-29-21/h2-3,5,12-13,15-17H,4,6-11,14H2,1H3,(H2,27,28,30,31). The van der Waals surface area contributed by atoms with Crippen molar-refractivity contribution in [2.24, 2.45) is 5.92 Å². The molecular formula is C26H29N7OS. The van der Waals surface area contributed by atoms with E-state index in [0.29, 0.717) is 13.0 Å². The molecule has 9 heteroatoms. The van der Waals surface area contributed by atoms with Crippen LogP contribution in [0.3, 0.4) is 0 Å². The predicted molar refractivity (Wildman–Crippen MR) is 141 cm³/mol. The van der Waals surface area contributed by atoms with Crippen LogP contribution >= 0.6 is 11.3 Å². The number of amides is 1. The summed E-state index contributed by atoms with van der Waals surface area (Å²) >= 11 is 1.62. The van der Waals surface area contributed by atoms with Gasteiger partial charge in [-0.3, -0.25) is 4.79 Å². The van der Waals surface area contributed by atoms with Crippen molar-refractivity contribution in [2.75, 3.05) is 38.0 Å². The molecule has 1 atom stereocenters. The molecule has 1 aromatic carbocycles. The normalized spacial score (nSPS) is 18.9. The highest BCUT2D eigenvalue weighted by molar-refractivity contribution is 7.16. The number of fused-ring (bicyclic) bond motifs is 2. The van der Waals surface area contributed by atoms with Gasteiger partial charge in [0.25, 0.3) is 0 Å². The summed E-state index contributed by atoms with van der Waals surface area (Å²) in [6.45, 7) is 6.82. The van der Waals surface area contributed by atoms with Crippen LogP contribution < -0.4 is 5.32 Å². The zero-order chi connectivity index (χ0) is 23.8. The van der Waals surface area contributed by atoms with Crippen LogP contribution in [-0.4, -0.2) is 68.4 Å². The Morgan fingerprint density at radius 2 is 2.17 bits per heavy atom. The lowest BCUT2D eigenvalue weighted by Gasteiger charge is -2.27. The fourth-order valence-corrected chi connectivity index (χ4v) is 5.78. The lowest BCUT2D eigenvalue weighted by Crippen LogP contribution is -2.36. The van der Waals surface area contributed by atoms with Crippen molar-refractivity contribution in [1.29, 1.82) is 0 Å². The number of nitrogens with zero attached hydrogens (tertiary/aromatic N) is 5. The summed E-state index contributed by atoms with van der Waals surface area (Å²) < 4.78 is 1.14. The molecular weight excluding hydrogens is 458 g/mol. The average molecular weight is 488 g/mol. The van der Waals surface area contributed by atoms with Crippen molar-refractivity contribution < 1.29 is 4.79 Å². The van der Waals surface area contributed by atoms with E-state index >= 15 is 0 Å². The number of hydrogen-bond donors (Lipinski definition) is 2. The molecule has 4 aromatic rings. The molecule has 6 rings (SSSR count). The van der Waals surface area contributed by atoms with Gasteiger partial charge in [0.15, 0.2) is 0 Å². The number of nitrogens with one attached hydrogen (secondary N) is 2. The molecule has 0 saturated carbocycles. The monoisotopic (exact) mass is 487 g/mol. The second-order valence-corrected chi connectivity index (χ2v) is 10.5. The number of hydrogen-bond acceptors (Lipinski definition) is 7. The molecule has 0 radical (unpaired) electrons. The van der Waals surface area contributed by atoms with Crippen LogP contribution in [-0.2, 0) is 4.79 Å². The van der Waals surface area contributed by atoms with E-state index in [2.05, 4.69) is 55.3 Å². The molecule has 1 unspecified atom stereocenters. The van der Waals surface area contributed by atoms with Gasteiger partial charge < -0.3 is 20.1 Å². The van der Waals surface area contributed by atoms with Crippen LogP contribution in [0.5, 0.6) is 0 Å². The first kappa shape index (κ1) is 22.2. The van der Waals surface area contributed by atoms with Crippen LogP contribution in [0.25, 0.3) is 26.8 Å². The summed E-state index contributed by atoms with van der Waals surface area (Å²) in [7, 11) is 0. The Kier molecular flexibility index (Phi) is 5.95. The smallest absolute Gasteiger partial charge is 0.224 e. The second-order valence-electron chi connectivity index (χ2n) is 9.59. The van der Waals surface area contributed by atoms with Gasteiger partial charge in [0.2, 0.25) is 5.91 Å². The van der Waals surface area contributed by atoms with E-state index in [0.717, 1.165) is 77.0 Å². The molecule has 5 heterocycles. The van der Waals surface area contributed by atoms with E-state index < -0.39 is 0 Å². The van der Waals surface area contributed by atoms with Gasteiger partial charge >= 0.3 is 0 Å². The number of thiazole rings is 1. The minimum Gasteiger partial charge on any atom is -0.340 e. The number of anilines is 2. The predicted octanol–water partition coefficient (Wildman–Crippen LogP) is 4.66. The Morgan fingerprint density at radius 3 is 3.00 bits per heavy atom. The largest absolute Gasteiger partial charge is 0.340 e. The SMILES string of the molecule is CC1CCN(CCC(=O)N2CC=C(c3cc4c(Nc5ccc6ncsc6c5)ncnc4[nH]3)CC2)C1. The quantitative estimate of drug-likeness (QED) is 0.411. The highest BCUT2D eigenvalue weighted by Gasteiger charge is 2.22. The third kappa shape index (κ3) is 4.66. The molecule has 8 nitrogen and oxygen atoms in total. The number of H-pyrrole nitrogens is 1. The first-order valence-electron chi connectivity index (χ1n) is 12.3. The van der Waals surface area contributed by atoms with Crippen molar-refractivity contribution >= 4 is 55.6 Å². The van der Waals surface area contributed by atoms with Gasteiger partial charge in [-0.05, 0) is 55.1 Å². The van der Waals surface area contributed by atoms with Crippen LogP contribution in [0.4, 0.5) is 11.5 Å². The molecule has 180 valence electrons. The third-order valence-corrected chi connectivity index (χ3v) is 7.87. The summed E-state index contributed by atoms with van der Waals surface area (Å²) in [6, 6.07) is 8.23. The molecule has 2 N–H and O–H groups in total. The zero-order valence-electron chi connectivity index (χ0n) is 19.8. The maximum absolute atomic E-state index is 12.7. The number of carbonyl (C=O) groups is 1. The van der Waals surface area contributed by atoms with Crippen LogP contribution in [0.1, 0.15) is 31.9 Å². The number of aromatic nitrogens is 4. The van der Waals surface area contributed by atoms with E-state index in [1.807, 2.05) is 22.5 Å². The van der Waals surface area contributed by atoms with Gasteiger partial charge in [-0.1, -0.05) is 13.0 Å². The second kappa shape index (κ2) is 9.39. The van der Waals surface area contributed by atoms with E-state index in [4.69, 9.17) is 0 Å². The average Bonchev–Trinajstić information content (AvgIpc) is 3.62. The van der Waals surface area contributed by atoms with Crippen molar-refractivity contribution in [3.05, 3.63) is 47.9 Å². The molecule has 1 saturated heterocycles. The van der Waals surface area contributed by atoms with Crippen LogP contribution in [0.15, 0.2) is 42.2 Å². The summed E-state index contributed by atoms with van der Waals surface area (Å²) in [5, 5.41) is 4.39. The molecule has 2 aliphatic heterocycles. The minimum atomic E-state index is 0.256. The highest BCUT2D eigenvalue weighted by Crippen LogP contribution is 2.30. The minimum absolute atomic E-state index is 0.256. The first-order chi connectivity index (χ1) is 17.1. The maximum Gasteiger partial charge on any atom is 0.224 e. The highest BCUT2D eigenvalue weighted by atomic mass is 32.1. The van der Waals surface area contributed by atoms with Crippen LogP contribution in [0, 0.1) is 5.92 Å². The molecule has 0 spiro atoms. The molecule has 1 fully saturated rings. The fourth-order valence-electron chi connectivity index (χ4n) is 5.06. The van der Waals surface area contributed by atoms with Crippen molar-refractivity contribution in [2.45, 2.75) is 26.2 Å². The van der Waals surface area contributed by atoms with Gasteiger partial charge in [0, 0.05) is 44.0 Å². The molecule has 3 aromatic heterocycles. The summed E-state index contributed by atoms with van der Waals surface area (Å²) in [6.07, 6.45) is 6.43. The Bertz CT molecular complexity index is 1410. The maximum atomic E-state index is 12.7. The van der Waals surface area contributed by atoms with Gasteiger partial charge in [-0.15, -0.1) is 11.3 Å². The summed E-state index contributed by atoms with van der Waals surface area (Å²) in [5.74, 6) is 1.78. The number of benzene rings is 1. The zero-order valence-corrected chi connectivity index (χ0v) is 20.6. The number of likely N-dealkylation sites (tertiary alicyclic amines) is 1. The third-order valence-electron chi connectivity index (χ3n) is 7.08. The molecule has 35 heavy (non-hydrogen) atoms. The number of carbonyl (C=O) groups excluding carboxylic acids is 1. The van der Waals surface area contributed by atoms with Gasteiger partial charge in [0.1, 0.15) is 17.8 Å². The Morgan fingerprint density at radius 1 is 1.23 bits per heavy atom.